The van der Waals surface area contributed by atoms with Crippen molar-refractivity contribution in [1.82, 2.24) is 14.8 Å². The summed E-state index contributed by atoms with van der Waals surface area (Å²) in [4.78, 5) is 15.8. The first-order chi connectivity index (χ1) is 12.6. The summed E-state index contributed by atoms with van der Waals surface area (Å²) in [5.74, 6) is -3.41. The number of methoxy groups -OCH3 is 2. The van der Waals surface area contributed by atoms with Gasteiger partial charge in [-0.15, -0.1) is 5.10 Å². The van der Waals surface area contributed by atoms with Crippen LogP contribution < -0.4 is 10.1 Å². The van der Waals surface area contributed by atoms with E-state index in [2.05, 4.69) is 15.4 Å². The number of aromatic nitrogens is 3. The van der Waals surface area contributed by atoms with Crippen molar-refractivity contribution in [1.29, 1.82) is 0 Å². The van der Waals surface area contributed by atoms with Gasteiger partial charge in [-0.25, -0.2) is 4.68 Å². The summed E-state index contributed by atoms with van der Waals surface area (Å²) >= 11 is 0. The first kappa shape index (κ1) is 19.0. The van der Waals surface area contributed by atoms with Gasteiger partial charge in [0.05, 0.1) is 20.3 Å². The highest BCUT2D eigenvalue weighted by molar-refractivity contribution is 5.76. The van der Waals surface area contributed by atoms with Gasteiger partial charge < -0.3 is 19.9 Å². The van der Waals surface area contributed by atoms with Crippen LogP contribution in [0.15, 0.2) is 24.3 Å². The molecule has 1 aliphatic heterocycles. The van der Waals surface area contributed by atoms with Crippen molar-refractivity contribution >= 4 is 11.9 Å². The number of ether oxygens (including phenoxy) is 2. The number of alkyl halides is 3. The number of fused-ring (bicyclic) bond motifs is 1. The van der Waals surface area contributed by atoms with Crippen LogP contribution in [-0.4, -0.2) is 45.8 Å². The topological polar surface area (TPSA) is 98.5 Å². The first-order valence-electron chi connectivity index (χ1n) is 7.84. The molecule has 0 unspecified atom stereocenters. The van der Waals surface area contributed by atoms with E-state index >= 15 is 0 Å². The number of nitrogens with zero attached hydrogens (tertiary/aromatic N) is 3. The number of halogens is 3. The van der Waals surface area contributed by atoms with Crippen LogP contribution in [-0.2, 0) is 15.7 Å². The van der Waals surface area contributed by atoms with Gasteiger partial charge in [0.15, 0.2) is 5.72 Å². The van der Waals surface area contributed by atoms with E-state index in [4.69, 9.17) is 9.47 Å². The van der Waals surface area contributed by atoms with E-state index in [0.29, 0.717) is 11.3 Å². The number of hydrogen-bond acceptors (Lipinski definition) is 7. The lowest BCUT2D eigenvalue weighted by molar-refractivity contribution is -0.156. The molecule has 0 radical (unpaired) electrons. The molecule has 1 aliphatic rings. The zero-order valence-corrected chi connectivity index (χ0v) is 14.6. The Labute approximate surface area is 151 Å². The maximum Gasteiger partial charge on any atom is 0.453 e. The first-order valence-corrected chi connectivity index (χ1v) is 7.84. The number of benzene rings is 1. The summed E-state index contributed by atoms with van der Waals surface area (Å²) in [5, 5.41) is 16.7. The Balaban J connectivity index is 2.23. The highest BCUT2D eigenvalue weighted by atomic mass is 19.4. The summed E-state index contributed by atoms with van der Waals surface area (Å²) in [6.45, 7) is 1.26. The molecule has 2 aromatic rings. The molecular formula is C16H17F3N4O4. The molecule has 8 nitrogen and oxygen atoms in total. The van der Waals surface area contributed by atoms with Crippen molar-refractivity contribution in [2.24, 2.45) is 5.92 Å². The van der Waals surface area contributed by atoms with Gasteiger partial charge in [0.1, 0.15) is 11.7 Å². The van der Waals surface area contributed by atoms with Gasteiger partial charge in [0, 0.05) is 0 Å². The van der Waals surface area contributed by atoms with E-state index in [9.17, 15) is 23.1 Å². The van der Waals surface area contributed by atoms with Crippen molar-refractivity contribution in [3.05, 3.63) is 35.7 Å². The molecule has 0 aliphatic carbocycles. The van der Waals surface area contributed by atoms with E-state index < -0.39 is 35.7 Å². The fourth-order valence-corrected chi connectivity index (χ4v) is 3.12. The van der Waals surface area contributed by atoms with Crippen molar-refractivity contribution in [2.45, 2.75) is 24.9 Å². The molecular weight excluding hydrogens is 369 g/mol. The van der Waals surface area contributed by atoms with E-state index in [1.165, 1.54) is 14.0 Å². The number of carbonyl (C=O) groups excluding carboxylic acids is 1. The van der Waals surface area contributed by atoms with E-state index in [-0.39, 0.29) is 5.95 Å². The lowest BCUT2D eigenvalue weighted by atomic mass is 9.83. The summed E-state index contributed by atoms with van der Waals surface area (Å²) in [7, 11) is 2.55. The molecule has 0 saturated heterocycles. The summed E-state index contributed by atoms with van der Waals surface area (Å²) in [6, 6.07) is 5.27. The maximum absolute atomic E-state index is 13.1. The molecule has 27 heavy (non-hydrogen) atoms. The summed E-state index contributed by atoms with van der Waals surface area (Å²) in [5.41, 5.74) is -1.54. The minimum Gasteiger partial charge on any atom is -0.497 e. The second-order valence-corrected chi connectivity index (χ2v) is 6.20. The van der Waals surface area contributed by atoms with Gasteiger partial charge in [0.25, 0.3) is 5.82 Å². The summed E-state index contributed by atoms with van der Waals surface area (Å²) in [6.07, 6.45) is -4.79. The quantitative estimate of drug-likeness (QED) is 0.777. The Kier molecular flexibility index (Phi) is 4.50. The average Bonchev–Trinajstić information content (AvgIpc) is 3.02. The Morgan fingerprint density at radius 3 is 2.67 bits per heavy atom. The number of carbonyl (C=O) groups is 1. The predicted molar refractivity (Wildman–Crippen MR) is 85.9 cm³/mol. The van der Waals surface area contributed by atoms with Crippen LogP contribution in [0, 0.1) is 5.92 Å². The molecule has 2 heterocycles. The molecule has 0 fully saturated rings. The third-order valence-electron chi connectivity index (χ3n) is 4.32. The Morgan fingerprint density at radius 2 is 2.07 bits per heavy atom. The molecule has 3 atom stereocenters. The van der Waals surface area contributed by atoms with Crippen LogP contribution in [0.5, 0.6) is 5.75 Å². The molecule has 146 valence electrons. The number of esters is 1. The minimum atomic E-state index is -4.79. The van der Waals surface area contributed by atoms with E-state index in [1.807, 2.05) is 0 Å². The highest BCUT2D eigenvalue weighted by Gasteiger charge is 2.52. The van der Waals surface area contributed by atoms with Gasteiger partial charge in [-0.1, -0.05) is 12.1 Å². The van der Waals surface area contributed by atoms with Crippen LogP contribution >= 0.6 is 0 Å². The van der Waals surface area contributed by atoms with Crippen LogP contribution in [0.1, 0.15) is 24.4 Å². The smallest absolute Gasteiger partial charge is 0.453 e. The van der Waals surface area contributed by atoms with Gasteiger partial charge in [0.2, 0.25) is 5.95 Å². The lowest BCUT2D eigenvalue weighted by Gasteiger charge is -2.41. The molecule has 1 aromatic carbocycles. The fraction of sp³-hybridized carbons (Fsp3) is 0.438. The van der Waals surface area contributed by atoms with Gasteiger partial charge in [-0.05, 0) is 24.6 Å². The zero-order valence-electron chi connectivity index (χ0n) is 14.6. The normalized spacial score (nSPS) is 24.7. The minimum absolute atomic E-state index is 0.319. The van der Waals surface area contributed by atoms with Gasteiger partial charge in [-0.2, -0.15) is 18.2 Å². The van der Waals surface area contributed by atoms with Crippen molar-refractivity contribution in [3.63, 3.8) is 0 Å². The number of rotatable bonds is 3. The highest BCUT2D eigenvalue weighted by Crippen LogP contribution is 2.42. The second kappa shape index (κ2) is 6.41. The Bertz CT molecular complexity index is 866. The van der Waals surface area contributed by atoms with E-state index in [0.717, 1.165) is 11.8 Å². The number of nitrogens with one attached hydrogen (secondary N) is 1. The SMILES string of the molecule is COC(=O)[C@H]1[C@H](c2cccc(OC)c2)n2nc(C(F)(F)F)nc2N[C@]1(C)O. The van der Waals surface area contributed by atoms with Crippen LogP contribution in [0.3, 0.4) is 0 Å². The number of aliphatic hydroxyl groups is 1. The predicted octanol–water partition coefficient (Wildman–Crippen LogP) is 1.82. The standard InChI is InChI=1S/C16H17F3N4O4/c1-15(25)10(12(24)27-3)11(8-5-4-6-9(7-8)26-2)23-14(21-15)20-13(22-23)16(17,18)19/h4-7,10-11,25H,1-3H3,(H,20,21,22)/t10-,11+,15-/m1/s1. The van der Waals surface area contributed by atoms with Crippen LogP contribution in [0.4, 0.5) is 19.1 Å². The molecule has 0 saturated carbocycles. The third-order valence-corrected chi connectivity index (χ3v) is 4.32. The van der Waals surface area contributed by atoms with Gasteiger partial charge >= 0.3 is 12.1 Å². The largest absolute Gasteiger partial charge is 0.497 e. The van der Waals surface area contributed by atoms with Crippen LogP contribution in [0.25, 0.3) is 0 Å². The maximum atomic E-state index is 13.1. The Hall–Kier alpha value is -2.82. The van der Waals surface area contributed by atoms with Crippen molar-refractivity contribution in [3.8, 4) is 5.75 Å². The molecule has 3 rings (SSSR count). The summed E-state index contributed by atoms with van der Waals surface area (Å²) < 4.78 is 50.1. The van der Waals surface area contributed by atoms with Crippen molar-refractivity contribution < 1.29 is 32.5 Å². The lowest BCUT2D eigenvalue weighted by Crippen LogP contribution is -2.55. The molecule has 0 amide bonds. The van der Waals surface area contributed by atoms with E-state index in [1.54, 1.807) is 24.3 Å². The van der Waals surface area contributed by atoms with Crippen molar-refractivity contribution in [2.75, 3.05) is 19.5 Å². The Morgan fingerprint density at radius 1 is 1.37 bits per heavy atom. The fourth-order valence-electron chi connectivity index (χ4n) is 3.12. The molecule has 0 spiro atoms. The molecule has 11 heteroatoms. The van der Waals surface area contributed by atoms with Crippen LogP contribution in [0.2, 0.25) is 0 Å². The molecule has 1 aromatic heterocycles. The average molecular weight is 386 g/mol. The third kappa shape index (κ3) is 3.29. The molecule has 2 N–H and O–H groups in total. The van der Waals surface area contributed by atoms with Gasteiger partial charge in [-0.3, -0.25) is 4.79 Å². The number of hydrogen-bond donors (Lipinski definition) is 2. The number of anilines is 1. The monoisotopic (exact) mass is 386 g/mol. The molecule has 0 bridgehead atoms. The zero-order chi connectivity index (χ0) is 20.0. The second-order valence-electron chi connectivity index (χ2n) is 6.20.